The molecule has 2 aliphatic rings. The maximum Gasteiger partial charge on any atom is 0.191 e. The largest absolute Gasteiger partial charge is 0.377 e. The Morgan fingerprint density at radius 3 is 2.96 bits per heavy atom. The fourth-order valence-corrected chi connectivity index (χ4v) is 4.74. The van der Waals surface area contributed by atoms with E-state index in [1.807, 2.05) is 6.92 Å². The van der Waals surface area contributed by atoms with Gasteiger partial charge in [0.2, 0.25) is 0 Å². The molecule has 1 aromatic heterocycles. The molecule has 3 rings (SSSR count). The quantitative estimate of drug-likeness (QED) is 0.387. The van der Waals surface area contributed by atoms with Gasteiger partial charge in [0, 0.05) is 48.9 Å². The summed E-state index contributed by atoms with van der Waals surface area (Å²) in [7, 11) is 0. The lowest BCUT2D eigenvalue weighted by molar-refractivity contribution is -0.188. The zero-order valence-electron chi connectivity index (χ0n) is 15.7. The summed E-state index contributed by atoms with van der Waals surface area (Å²) in [6.45, 7) is 11.3. The molecule has 2 fully saturated rings. The Kier molecular flexibility index (Phi) is 7.52. The van der Waals surface area contributed by atoms with Gasteiger partial charge in [0.05, 0.1) is 16.8 Å². The van der Waals surface area contributed by atoms with E-state index in [9.17, 15) is 0 Å². The molecule has 0 spiro atoms. The summed E-state index contributed by atoms with van der Waals surface area (Å²) in [6, 6.07) is 0.433. The van der Waals surface area contributed by atoms with Crippen LogP contribution in [0.1, 0.15) is 44.3 Å². The molecule has 1 saturated heterocycles. The fraction of sp³-hybridized carbons (Fsp3) is 0.778. The fourth-order valence-electron chi connectivity index (χ4n) is 4.09. The third-order valence-electron chi connectivity index (χ3n) is 5.27. The van der Waals surface area contributed by atoms with Crippen LogP contribution in [0, 0.1) is 18.3 Å². The normalized spacial score (nSPS) is 27.7. The Morgan fingerprint density at radius 1 is 1.48 bits per heavy atom. The minimum atomic E-state index is 0. The van der Waals surface area contributed by atoms with Crippen molar-refractivity contribution in [3.05, 3.63) is 16.1 Å². The maximum absolute atomic E-state index is 6.00. The Balaban J connectivity index is 0.00000225. The van der Waals surface area contributed by atoms with Crippen LogP contribution in [0.5, 0.6) is 0 Å². The van der Waals surface area contributed by atoms with E-state index in [1.165, 1.54) is 12.8 Å². The van der Waals surface area contributed by atoms with Crippen LogP contribution in [-0.2, 0) is 11.2 Å². The maximum atomic E-state index is 6.00. The van der Waals surface area contributed by atoms with Crippen molar-refractivity contribution >= 4 is 41.3 Å². The minimum absolute atomic E-state index is 0. The molecule has 7 heteroatoms. The lowest BCUT2D eigenvalue weighted by Crippen LogP contribution is -2.71. The third-order valence-corrected chi connectivity index (χ3v) is 6.09. The van der Waals surface area contributed by atoms with Gasteiger partial charge in [-0.1, -0.05) is 13.8 Å². The number of halogens is 1. The van der Waals surface area contributed by atoms with Crippen LogP contribution in [-0.4, -0.2) is 42.8 Å². The summed E-state index contributed by atoms with van der Waals surface area (Å²) in [5.74, 6) is 1.53. The van der Waals surface area contributed by atoms with Crippen molar-refractivity contribution in [2.45, 2.75) is 59.1 Å². The van der Waals surface area contributed by atoms with Gasteiger partial charge < -0.3 is 15.4 Å². The van der Waals surface area contributed by atoms with Gasteiger partial charge in [0.1, 0.15) is 0 Å². The van der Waals surface area contributed by atoms with Gasteiger partial charge >= 0.3 is 0 Å². The second kappa shape index (κ2) is 8.99. The first kappa shape index (κ1) is 20.9. The van der Waals surface area contributed by atoms with E-state index in [4.69, 9.17) is 9.73 Å². The Bertz CT molecular complexity index is 589. The molecule has 3 unspecified atom stereocenters. The van der Waals surface area contributed by atoms with Crippen molar-refractivity contribution < 1.29 is 4.74 Å². The van der Waals surface area contributed by atoms with Crippen LogP contribution in [0.3, 0.4) is 0 Å². The number of guanidine groups is 1. The molecule has 0 aromatic carbocycles. The average Bonchev–Trinajstić information content (AvgIpc) is 2.98. The summed E-state index contributed by atoms with van der Waals surface area (Å²) >= 11 is 1.70. The first-order valence-corrected chi connectivity index (χ1v) is 9.97. The van der Waals surface area contributed by atoms with E-state index < -0.39 is 0 Å². The van der Waals surface area contributed by atoms with Crippen molar-refractivity contribution in [1.29, 1.82) is 0 Å². The number of aromatic nitrogens is 1. The average molecular weight is 478 g/mol. The molecule has 1 saturated carbocycles. The molecule has 25 heavy (non-hydrogen) atoms. The molecule has 2 N–H and O–H groups in total. The summed E-state index contributed by atoms with van der Waals surface area (Å²) in [4.78, 5) is 9.27. The first-order valence-electron chi connectivity index (χ1n) is 9.10. The van der Waals surface area contributed by atoms with Crippen molar-refractivity contribution in [2.75, 3.05) is 19.7 Å². The van der Waals surface area contributed by atoms with Crippen LogP contribution < -0.4 is 10.6 Å². The number of thiazole rings is 1. The SMILES string of the molecule is CCNC(=NCCc1csc(C)n1)NC1C2CCCOC2C1(C)C.I. The first-order chi connectivity index (χ1) is 11.5. The lowest BCUT2D eigenvalue weighted by Gasteiger charge is -2.60. The molecule has 3 atom stereocenters. The summed E-state index contributed by atoms with van der Waals surface area (Å²) in [5.41, 5.74) is 1.30. The highest BCUT2D eigenvalue weighted by Gasteiger charge is 2.58. The van der Waals surface area contributed by atoms with Crippen molar-refractivity contribution in [2.24, 2.45) is 16.3 Å². The topological polar surface area (TPSA) is 58.5 Å². The van der Waals surface area contributed by atoms with Gasteiger partial charge in [-0.05, 0) is 26.7 Å². The number of fused-ring (bicyclic) bond motifs is 1. The summed E-state index contributed by atoms with van der Waals surface area (Å²) < 4.78 is 6.00. The van der Waals surface area contributed by atoms with E-state index in [-0.39, 0.29) is 29.4 Å². The minimum Gasteiger partial charge on any atom is -0.377 e. The van der Waals surface area contributed by atoms with Crippen LogP contribution in [0.4, 0.5) is 0 Å². The van der Waals surface area contributed by atoms with E-state index in [0.29, 0.717) is 18.1 Å². The zero-order chi connectivity index (χ0) is 17.2. The molecule has 0 radical (unpaired) electrons. The Hall–Kier alpha value is -0.410. The number of aryl methyl sites for hydroxylation is 1. The molecule has 5 nitrogen and oxygen atoms in total. The number of nitrogens with zero attached hydrogens (tertiary/aromatic N) is 2. The standard InChI is InChI=1S/C18H30N4OS.HI/c1-5-19-17(20-9-8-13-11-24-12(2)21-13)22-15-14-7-6-10-23-16(14)18(15,3)4;/h11,14-16H,5-10H2,1-4H3,(H2,19,20,22);1H. The molecular weight excluding hydrogens is 447 g/mol. The van der Waals surface area contributed by atoms with Gasteiger partial charge in [-0.3, -0.25) is 4.99 Å². The monoisotopic (exact) mass is 478 g/mol. The number of hydrogen-bond donors (Lipinski definition) is 2. The molecule has 142 valence electrons. The van der Waals surface area contributed by atoms with Crippen LogP contribution in [0.2, 0.25) is 0 Å². The van der Waals surface area contributed by atoms with Gasteiger partial charge in [-0.2, -0.15) is 0 Å². The molecule has 0 amide bonds. The predicted molar refractivity (Wildman–Crippen MR) is 115 cm³/mol. The highest BCUT2D eigenvalue weighted by atomic mass is 127. The van der Waals surface area contributed by atoms with E-state index in [1.54, 1.807) is 11.3 Å². The third kappa shape index (κ3) is 4.66. The van der Waals surface area contributed by atoms with Crippen LogP contribution in [0.25, 0.3) is 0 Å². The van der Waals surface area contributed by atoms with Crippen LogP contribution in [0.15, 0.2) is 10.4 Å². The number of aliphatic imine (C=N–C) groups is 1. The number of hydrogen-bond acceptors (Lipinski definition) is 4. The molecule has 0 bridgehead atoms. The van der Waals surface area contributed by atoms with Crippen molar-refractivity contribution in [3.8, 4) is 0 Å². The number of nitrogens with one attached hydrogen (secondary N) is 2. The van der Waals surface area contributed by atoms with Gasteiger partial charge in [-0.15, -0.1) is 35.3 Å². The number of ether oxygens (including phenoxy) is 1. The Labute approximate surface area is 172 Å². The predicted octanol–water partition coefficient (Wildman–Crippen LogP) is 3.37. The molecule has 1 aliphatic carbocycles. The molecular formula is C18H31IN4OS. The summed E-state index contributed by atoms with van der Waals surface area (Å²) in [5, 5.41) is 10.3. The highest BCUT2D eigenvalue weighted by molar-refractivity contribution is 14.0. The molecule has 1 aliphatic heterocycles. The van der Waals surface area contributed by atoms with E-state index >= 15 is 0 Å². The highest BCUT2D eigenvalue weighted by Crippen LogP contribution is 2.51. The smallest absolute Gasteiger partial charge is 0.191 e. The second-order valence-corrected chi connectivity index (χ2v) is 8.47. The number of rotatable bonds is 5. The molecule has 1 aromatic rings. The lowest BCUT2D eigenvalue weighted by atomic mass is 9.55. The van der Waals surface area contributed by atoms with E-state index in [2.05, 4.69) is 41.8 Å². The van der Waals surface area contributed by atoms with Crippen molar-refractivity contribution in [3.63, 3.8) is 0 Å². The summed E-state index contributed by atoms with van der Waals surface area (Å²) in [6.07, 6.45) is 3.71. The molecule has 2 heterocycles. The second-order valence-electron chi connectivity index (χ2n) is 7.41. The Morgan fingerprint density at radius 2 is 2.28 bits per heavy atom. The van der Waals surface area contributed by atoms with Gasteiger partial charge in [0.15, 0.2) is 5.96 Å². The van der Waals surface area contributed by atoms with E-state index in [0.717, 1.165) is 42.8 Å². The van der Waals surface area contributed by atoms with Crippen LogP contribution >= 0.6 is 35.3 Å². The van der Waals surface area contributed by atoms with Crippen molar-refractivity contribution in [1.82, 2.24) is 15.6 Å². The van der Waals surface area contributed by atoms with Gasteiger partial charge in [0.25, 0.3) is 0 Å². The zero-order valence-corrected chi connectivity index (χ0v) is 18.8. The van der Waals surface area contributed by atoms with Gasteiger partial charge in [-0.25, -0.2) is 4.98 Å².